The number of nitrogens with one attached hydrogen (secondary N) is 3. The van der Waals surface area contributed by atoms with E-state index in [4.69, 9.17) is 26.8 Å². The molecule has 5 N–H and O–H groups in total. The molecular formula is C22H20ClF3N4O5. The van der Waals surface area contributed by atoms with Gasteiger partial charge in [0.05, 0.1) is 29.3 Å². The van der Waals surface area contributed by atoms with Crippen LogP contribution in [-0.2, 0) is 15.8 Å². The second-order valence-corrected chi connectivity index (χ2v) is 7.80. The number of alkyl halides is 3. The number of carbonyl (C=O) groups is 3. The third-order valence-corrected chi connectivity index (χ3v) is 5.19. The fraction of sp³-hybridized carbons (Fsp3) is 0.227. The summed E-state index contributed by atoms with van der Waals surface area (Å²) in [5, 5.41) is 7.48. The molecular weight excluding hydrogens is 493 g/mol. The van der Waals surface area contributed by atoms with Crippen LogP contribution in [0.5, 0.6) is 11.5 Å². The van der Waals surface area contributed by atoms with Gasteiger partial charge in [0.1, 0.15) is 0 Å². The van der Waals surface area contributed by atoms with E-state index in [1.165, 1.54) is 32.2 Å². The van der Waals surface area contributed by atoms with Crippen molar-refractivity contribution in [1.82, 2.24) is 10.6 Å². The molecule has 3 rings (SSSR count). The summed E-state index contributed by atoms with van der Waals surface area (Å²) >= 11 is 6.30. The van der Waals surface area contributed by atoms with Gasteiger partial charge in [-0.2, -0.15) is 13.2 Å². The van der Waals surface area contributed by atoms with Gasteiger partial charge in [-0.15, -0.1) is 0 Å². The van der Waals surface area contributed by atoms with Gasteiger partial charge in [-0.25, -0.2) is 4.79 Å². The minimum atomic E-state index is -4.59. The molecule has 0 bridgehead atoms. The van der Waals surface area contributed by atoms with E-state index in [-0.39, 0.29) is 33.5 Å². The first-order valence-corrected chi connectivity index (χ1v) is 10.3. The second kappa shape index (κ2) is 10.1. The summed E-state index contributed by atoms with van der Waals surface area (Å²) in [5.74, 6) is -1.39. The van der Waals surface area contributed by atoms with Crippen molar-refractivity contribution in [2.24, 2.45) is 5.73 Å². The lowest BCUT2D eigenvalue weighted by Gasteiger charge is -2.29. The lowest BCUT2D eigenvalue weighted by atomic mass is 9.94. The molecule has 0 fully saturated rings. The number of carbonyl (C=O) groups excluding carboxylic acids is 3. The third-order valence-electron chi connectivity index (χ3n) is 4.91. The SMILES string of the molecule is COc1cc([C@@H]2NC(=O)NC(C)=C2C(=O)Nc2cccc(C(F)(F)F)c2)cc(Cl)c1OCC(N)=O. The number of ether oxygens (including phenoxy) is 2. The summed E-state index contributed by atoms with van der Waals surface area (Å²) in [6.07, 6.45) is -4.59. The first-order chi connectivity index (χ1) is 16.4. The molecule has 0 saturated heterocycles. The quantitative estimate of drug-likeness (QED) is 0.451. The van der Waals surface area contributed by atoms with Gasteiger partial charge in [0.15, 0.2) is 18.1 Å². The number of rotatable bonds is 7. The molecule has 1 atom stereocenters. The van der Waals surface area contributed by atoms with E-state index in [0.29, 0.717) is 5.56 Å². The zero-order valence-corrected chi connectivity index (χ0v) is 19.1. The predicted molar refractivity (Wildman–Crippen MR) is 120 cm³/mol. The van der Waals surface area contributed by atoms with Gasteiger partial charge in [0.25, 0.3) is 11.8 Å². The first-order valence-electron chi connectivity index (χ1n) is 9.96. The van der Waals surface area contributed by atoms with Crippen LogP contribution in [0.4, 0.5) is 23.7 Å². The maximum absolute atomic E-state index is 13.1. The molecule has 9 nitrogen and oxygen atoms in total. The molecule has 0 aliphatic carbocycles. The Morgan fingerprint density at radius 1 is 1.23 bits per heavy atom. The molecule has 1 heterocycles. The smallest absolute Gasteiger partial charge is 0.416 e. The van der Waals surface area contributed by atoms with Gasteiger partial charge in [-0.1, -0.05) is 17.7 Å². The Bertz CT molecular complexity index is 1220. The van der Waals surface area contributed by atoms with Gasteiger partial charge >= 0.3 is 12.2 Å². The number of hydrogen-bond donors (Lipinski definition) is 4. The molecule has 0 saturated carbocycles. The van der Waals surface area contributed by atoms with Crippen molar-refractivity contribution in [2.45, 2.75) is 19.1 Å². The van der Waals surface area contributed by atoms with Gasteiger partial charge in [0, 0.05) is 11.4 Å². The summed E-state index contributed by atoms with van der Waals surface area (Å²) in [6, 6.07) is 5.29. The maximum atomic E-state index is 13.1. The maximum Gasteiger partial charge on any atom is 0.416 e. The van der Waals surface area contributed by atoms with Gasteiger partial charge < -0.3 is 31.2 Å². The fourth-order valence-electron chi connectivity index (χ4n) is 3.41. The summed E-state index contributed by atoms with van der Waals surface area (Å²) in [4.78, 5) is 36.4. The molecule has 0 radical (unpaired) electrons. The van der Waals surface area contributed by atoms with Crippen LogP contribution in [0, 0.1) is 0 Å². The lowest BCUT2D eigenvalue weighted by Crippen LogP contribution is -2.46. The number of primary amides is 1. The average Bonchev–Trinajstić information content (AvgIpc) is 2.76. The van der Waals surface area contributed by atoms with Crippen LogP contribution in [0.2, 0.25) is 5.02 Å². The number of anilines is 1. The average molecular weight is 513 g/mol. The highest BCUT2D eigenvalue weighted by Crippen LogP contribution is 2.40. The van der Waals surface area contributed by atoms with E-state index in [2.05, 4.69) is 16.0 Å². The standard InChI is InChI=1S/C22H20ClF3N4O5/c1-10-17(20(32)29-13-5-3-4-12(8-13)22(24,25)26)18(30-21(33)28-10)11-6-14(23)19(15(7-11)34-2)35-9-16(27)31/h3-8,18H,9H2,1-2H3,(H2,27,31)(H,29,32)(H2,28,30,33)/t18-/m0/s1. The van der Waals surface area contributed by atoms with Crippen molar-refractivity contribution in [3.05, 3.63) is 63.8 Å². The molecule has 1 aliphatic heterocycles. The molecule has 0 spiro atoms. The number of urea groups is 1. The van der Waals surface area contributed by atoms with Crippen molar-refractivity contribution in [3.8, 4) is 11.5 Å². The molecule has 35 heavy (non-hydrogen) atoms. The van der Waals surface area contributed by atoms with Crippen LogP contribution in [0.25, 0.3) is 0 Å². The van der Waals surface area contributed by atoms with Gasteiger partial charge in [0.2, 0.25) is 0 Å². The van der Waals surface area contributed by atoms with Crippen LogP contribution in [0.15, 0.2) is 47.7 Å². The van der Waals surface area contributed by atoms with Gasteiger partial charge in [-0.05, 0) is 42.8 Å². The Labute approximate surface area is 202 Å². The van der Waals surface area contributed by atoms with Crippen LogP contribution in [0.3, 0.4) is 0 Å². The van der Waals surface area contributed by atoms with Crippen molar-refractivity contribution < 1.29 is 37.0 Å². The molecule has 2 aromatic carbocycles. The number of amides is 4. The molecule has 0 unspecified atom stereocenters. The molecule has 4 amide bonds. The second-order valence-electron chi connectivity index (χ2n) is 7.39. The highest BCUT2D eigenvalue weighted by Gasteiger charge is 2.34. The Balaban J connectivity index is 1.98. The van der Waals surface area contributed by atoms with E-state index in [0.717, 1.165) is 18.2 Å². The highest BCUT2D eigenvalue weighted by atomic mass is 35.5. The summed E-state index contributed by atoms with van der Waals surface area (Å²) in [6.45, 7) is 0.999. The van der Waals surface area contributed by atoms with E-state index >= 15 is 0 Å². The molecule has 1 aliphatic rings. The number of hydrogen-bond acceptors (Lipinski definition) is 5. The molecule has 2 aromatic rings. The van der Waals surface area contributed by atoms with Crippen LogP contribution >= 0.6 is 11.6 Å². The van der Waals surface area contributed by atoms with E-state index in [1.54, 1.807) is 0 Å². The number of nitrogens with two attached hydrogens (primary N) is 1. The Hall–Kier alpha value is -3.93. The minimum absolute atomic E-state index is 0.00340. The number of halogens is 4. The fourth-order valence-corrected chi connectivity index (χ4v) is 3.68. The highest BCUT2D eigenvalue weighted by molar-refractivity contribution is 6.32. The Morgan fingerprint density at radius 2 is 1.94 bits per heavy atom. The van der Waals surface area contributed by atoms with Crippen molar-refractivity contribution in [2.75, 3.05) is 19.0 Å². The van der Waals surface area contributed by atoms with E-state index in [1.807, 2.05) is 0 Å². The topological polar surface area (TPSA) is 132 Å². The van der Waals surface area contributed by atoms with Gasteiger partial charge in [-0.3, -0.25) is 9.59 Å². The monoisotopic (exact) mass is 512 g/mol. The van der Waals surface area contributed by atoms with Crippen molar-refractivity contribution in [1.29, 1.82) is 0 Å². The Kier molecular flexibility index (Phi) is 7.44. The predicted octanol–water partition coefficient (Wildman–Crippen LogP) is 3.50. The van der Waals surface area contributed by atoms with Crippen LogP contribution < -0.4 is 31.2 Å². The molecule has 186 valence electrons. The van der Waals surface area contributed by atoms with Crippen LogP contribution in [0.1, 0.15) is 24.1 Å². The number of allylic oxidation sites excluding steroid dienone is 1. The first kappa shape index (κ1) is 25.7. The summed E-state index contributed by atoms with van der Waals surface area (Å²) < 4.78 is 49.7. The summed E-state index contributed by atoms with van der Waals surface area (Å²) in [5.41, 5.74) is 4.57. The minimum Gasteiger partial charge on any atom is -0.493 e. The Morgan fingerprint density at radius 3 is 2.57 bits per heavy atom. The van der Waals surface area contributed by atoms with Crippen LogP contribution in [-0.4, -0.2) is 31.6 Å². The zero-order chi connectivity index (χ0) is 25.9. The molecule has 13 heteroatoms. The largest absolute Gasteiger partial charge is 0.493 e. The third kappa shape index (κ3) is 5.96. The zero-order valence-electron chi connectivity index (χ0n) is 18.4. The van der Waals surface area contributed by atoms with Crippen molar-refractivity contribution >= 4 is 35.1 Å². The summed E-state index contributed by atoms with van der Waals surface area (Å²) in [7, 11) is 1.32. The number of benzene rings is 2. The normalized spacial score (nSPS) is 15.7. The molecule has 0 aromatic heterocycles. The lowest BCUT2D eigenvalue weighted by molar-refractivity contribution is -0.137. The van der Waals surface area contributed by atoms with Crippen molar-refractivity contribution in [3.63, 3.8) is 0 Å². The van der Waals surface area contributed by atoms with E-state index < -0.39 is 42.2 Å². The van der Waals surface area contributed by atoms with E-state index in [9.17, 15) is 27.6 Å². The number of methoxy groups -OCH3 is 1.